The molecule has 1 rings (SSSR count). The van der Waals surface area contributed by atoms with Crippen molar-refractivity contribution in [2.75, 3.05) is 13.6 Å². The normalized spacial score (nSPS) is 11.7. The van der Waals surface area contributed by atoms with Crippen LogP contribution in [0, 0.1) is 5.92 Å². The third-order valence-electron chi connectivity index (χ3n) is 2.61. The molecule has 0 aliphatic carbocycles. The zero-order valence-electron chi connectivity index (χ0n) is 11.2. The lowest BCUT2D eigenvalue weighted by atomic mass is 10.1. The summed E-state index contributed by atoms with van der Waals surface area (Å²) in [5, 5.41) is 11.3. The van der Waals surface area contributed by atoms with Crippen molar-refractivity contribution in [3.05, 3.63) is 30.1 Å². The molecule has 1 unspecified atom stereocenters. The van der Waals surface area contributed by atoms with E-state index in [0.717, 1.165) is 5.56 Å². The minimum Gasteiger partial charge on any atom is -0.481 e. The molecular formula is C13H19N3O3. The summed E-state index contributed by atoms with van der Waals surface area (Å²) in [5.41, 5.74) is 0.943. The maximum Gasteiger partial charge on any atom is 0.317 e. The van der Waals surface area contributed by atoms with Crippen LogP contribution in [0.3, 0.4) is 0 Å². The minimum absolute atomic E-state index is 0.0482. The maximum absolute atomic E-state index is 11.8. The molecule has 1 heterocycles. The van der Waals surface area contributed by atoms with E-state index < -0.39 is 5.97 Å². The predicted octanol–water partition coefficient (Wildman–Crippen LogP) is 1.33. The molecule has 1 atom stereocenters. The molecule has 0 spiro atoms. The fraction of sp³-hybridized carbons (Fsp3) is 0.462. The number of nitrogens with zero attached hydrogens (tertiary/aromatic N) is 2. The van der Waals surface area contributed by atoms with Gasteiger partial charge in [0.2, 0.25) is 0 Å². The average Bonchev–Trinajstić information content (AvgIpc) is 2.36. The number of rotatable bonds is 6. The number of amides is 2. The molecule has 1 aromatic rings. The van der Waals surface area contributed by atoms with Gasteiger partial charge in [-0.3, -0.25) is 9.78 Å². The molecular weight excluding hydrogens is 246 g/mol. The molecule has 6 nitrogen and oxygen atoms in total. The molecule has 0 aliphatic heterocycles. The van der Waals surface area contributed by atoms with Crippen molar-refractivity contribution in [1.29, 1.82) is 0 Å². The first-order valence-electron chi connectivity index (χ1n) is 6.08. The summed E-state index contributed by atoms with van der Waals surface area (Å²) in [5.74, 6) is -0.946. The van der Waals surface area contributed by atoms with E-state index in [1.165, 1.54) is 4.90 Å². The van der Waals surface area contributed by atoms with E-state index in [4.69, 9.17) is 5.11 Å². The molecule has 2 amide bonds. The first-order chi connectivity index (χ1) is 8.99. The Bertz CT molecular complexity index is 422. The molecule has 0 fully saturated rings. The summed E-state index contributed by atoms with van der Waals surface area (Å²) in [4.78, 5) is 27.8. The number of hydrogen-bond acceptors (Lipinski definition) is 3. The lowest BCUT2D eigenvalue weighted by Gasteiger charge is -2.19. The van der Waals surface area contributed by atoms with Gasteiger partial charge in [0.1, 0.15) is 0 Å². The summed E-state index contributed by atoms with van der Waals surface area (Å²) in [6, 6.07) is 3.49. The average molecular weight is 265 g/mol. The number of carbonyl (C=O) groups excluding carboxylic acids is 1. The molecule has 104 valence electrons. The van der Waals surface area contributed by atoms with Gasteiger partial charge in [-0.05, 0) is 17.5 Å². The van der Waals surface area contributed by atoms with Crippen molar-refractivity contribution >= 4 is 12.0 Å². The van der Waals surface area contributed by atoms with E-state index in [-0.39, 0.29) is 18.4 Å². The Morgan fingerprint density at radius 2 is 2.26 bits per heavy atom. The Hall–Kier alpha value is -2.11. The van der Waals surface area contributed by atoms with Crippen LogP contribution < -0.4 is 5.32 Å². The van der Waals surface area contributed by atoms with Crippen LogP contribution >= 0.6 is 0 Å². The zero-order valence-corrected chi connectivity index (χ0v) is 11.2. The van der Waals surface area contributed by atoms with Crippen LogP contribution in [0.1, 0.15) is 18.9 Å². The van der Waals surface area contributed by atoms with Gasteiger partial charge in [-0.2, -0.15) is 0 Å². The van der Waals surface area contributed by atoms with Gasteiger partial charge in [-0.1, -0.05) is 13.0 Å². The number of urea groups is 1. The van der Waals surface area contributed by atoms with Gasteiger partial charge in [-0.15, -0.1) is 0 Å². The molecule has 0 saturated carbocycles. The van der Waals surface area contributed by atoms with E-state index >= 15 is 0 Å². The first kappa shape index (κ1) is 14.9. The van der Waals surface area contributed by atoms with Crippen LogP contribution in [0.4, 0.5) is 4.79 Å². The lowest BCUT2D eigenvalue weighted by molar-refractivity contribution is -0.137. The number of pyridine rings is 1. The second-order valence-electron chi connectivity index (χ2n) is 4.61. The van der Waals surface area contributed by atoms with E-state index in [1.807, 2.05) is 12.1 Å². The van der Waals surface area contributed by atoms with Crippen molar-refractivity contribution in [2.45, 2.75) is 19.9 Å². The fourth-order valence-corrected chi connectivity index (χ4v) is 1.60. The standard InChI is InChI=1S/C13H19N3O3/c1-10(6-12(17)18)7-15-13(19)16(2)9-11-4-3-5-14-8-11/h3-5,8,10H,6-7,9H2,1-2H3,(H,15,19)(H,17,18). The van der Waals surface area contributed by atoms with Crippen molar-refractivity contribution in [3.63, 3.8) is 0 Å². The smallest absolute Gasteiger partial charge is 0.317 e. The van der Waals surface area contributed by atoms with Crippen LogP contribution in [0.25, 0.3) is 0 Å². The van der Waals surface area contributed by atoms with E-state index in [2.05, 4.69) is 10.3 Å². The number of hydrogen-bond donors (Lipinski definition) is 2. The number of carboxylic acid groups (broad SMARTS) is 1. The van der Waals surface area contributed by atoms with Crippen molar-refractivity contribution in [1.82, 2.24) is 15.2 Å². The number of aromatic nitrogens is 1. The Kier molecular flexibility index (Phi) is 5.78. The van der Waals surface area contributed by atoms with E-state index in [9.17, 15) is 9.59 Å². The Morgan fingerprint density at radius 1 is 1.53 bits per heavy atom. The van der Waals surface area contributed by atoms with Gasteiger partial charge in [0, 0.05) is 39.0 Å². The monoisotopic (exact) mass is 265 g/mol. The van der Waals surface area contributed by atoms with Crippen molar-refractivity contribution in [3.8, 4) is 0 Å². The largest absolute Gasteiger partial charge is 0.481 e. The topological polar surface area (TPSA) is 82.5 Å². The SMILES string of the molecule is CC(CNC(=O)N(C)Cc1cccnc1)CC(=O)O. The Balaban J connectivity index is 2.35. The second kappa shape index (κ2) is 7.35. The number of carboxylic acids is 1. The van der Waals surface area contributed by atoms with Gasteiger partial charge in [0.05, 0.1) is 0 Å². The molecule has 2 N–H and O–H groups in total. The van der Waals surface area contributed by atoms with Crippen LogP contribution in [0.15, 0.2) is 24.5 Å². The van der Waals surface area contributed by atoms with Crippen LogP contribution in [0.5, 0.6) is 0 Å². The molecule has 0 aromatic carbocycles. The summed E-state index contributed by atoms with van der Waals surface area (Å²) in [6.07, 6.45) is 3.43. The third kappa shape index (κ3) is 5.85. The molecule has 0 radical (unpaired) electrons. The van der Waals surface area contributed by atoms with Crippen LogP contribution in [0.2, 0.25) is 0 Å². The first-order valence-corrected chi connectivity index (χ1v) is 6.08. The van der Waals surface area contributed by atoms with Gasteiger partial charge in [0.15, 0.2) is 0 Å². The Labute approximate surface area is 112 Å². The predicted molar refractivity (Wildman–Crippen MR) is 70.5 cm³/mol. The van der Waals surface area contributed by atoms with Crippen LogP contribution in [-0.2, 0) is 11.3 Å². The highest BCUT2D eigenvalue weighted by molar-refractivity contribution is 5.74. The third-order valence-corrected chi connectivity index (χ3v) is 2.61. The van der Waals surface area contributed by atoms with Gasteiger partial charge in [0.25, 0.3) is 0 Å². The molecule has 0 aliphatic rings. The molecule has 0 bridgehead atoms. The number of carbonyl (C=O) groups is 2. The maximum atomic E-state index is 11.8. The summed E-state index contributed by atoms with van der Waals surface area (Å²) in [6.45, 7) is 2.60. The van der Waals surface area contributed by atoms with Gasteiger partial charge < -0.3 is 15.3 Å². The van der Waals surface area contributed by atoms with E-state index in [1.54, 1.807) is 26.4 Å². The number of aliphatic carboxylic acids is 1. The molecule has 19 heavy (non-hydrogen) atoms. The van der Waals surface area contributed by atoms with E-state index in [0.29, 0.717) is 13.1 Å². The number of nitrogens with one attached hydrogen (secondary N) is 1. The highest BCUT2D eigenvalue weighted by Crippen LogP contribution is 2.02. The summed E-state index contributed by atoms with van der Waals surface area (Å²) in [7, 11) is 1.68. The zero-order chi connectivity index (χ0) is 14.3. The molecule has 0 saturated heterocycles. The quantitative estimate of drug-likeness (QED) is 0.813. The molecule has 1 aromatic heterocycles. The van der Waals surface area contributed by atoms with Crippen molar-refractivity contribution < 1.29 is 14.7 Å². The lowest BCUT2D eigenvalue weighted by Crippen LogP contribution is -2.39. The van der Waals surface area contributed by atoms with Crippen LogP contribution in [-0.4, -0.2) is 40.6 Å². The summed E-state index contributed by atoms with van der Waals surface area (Å²) >= 11 is 0. The molecule has 6 heteroatoms. The highest BCUT2D eigenvalue weighted by atomic mass is 16.4. The summed E-state index contributed by atoms with van der Waals surface area (Å²) < 4.78 is 0. The Morgan fingerprint density at radius 3 is 2.84 bits per heavy atom. The fourth-order valence-electron chi connectivity index (χ4n) is 1.60. The minimum atomic E-state index is -0.856. The second-order valence-corrected chi connectivity index (χ2v) is 4.61. The van der Waals surface area contributed by atoms with Gasteiger partial charge >= 0.3 is 12.0 Å². The van der Waals surface area contributed by atoms with Gasteiger partial charge in [-0.25, -0.2) is 4.79 Å². The van der Waals surface area contributed by atoms with Crippen molar-refractivity contribution in [2.24, 2.45) is 5.92 Å². The highest BCUT2D eigenvalue weighted by Gasteiger charge is 2.12.